The zero-order valence-corrected chi connectivity index (χ0v) is 11.4. The lowest BCUT2D eigenvalue weighted by Gasteiger charge is -2.12. The van der Waals surface area contributed by atoms with Crippen LogP contribution in [-0.2, 0) is 0 Å². The lowest BCUT2D eigenvalue weighted by atomic mass is 10.1. The van der Waals surface area contributed by atoms with Crippen molar-refractivity contribution in [3.8, 4) is 10.4 Å². The summed E-state index contributed by atoms with van der Waals surface area (Å²) in [6.07, 6.45) is 2.54. The quantitative estimate of drug-likeness (QED) is 0.876. The van der Waals surface area contributed by atoms with Crippen LogP contribution in [0.4, 0.5) is 8.78 Å². The molecule has 0 amide bonds. The van der Waals surface area contributed by atoms with Crippen LogP contribution >= 0.6 is 11.3 Å². The van der Waals surface area contributed by atoms with Crippen molar-refractivity contribution in [3.63, 3.8) is 0 Å². The van der Waals surface area contributed by atoms with Crippen LogP contribution in [0.5, 0.6) is 0 Å². The van der Waals surface area contributed by atoms with Crippen LogP contribution in [0.15, 0.2) is 30.3 Å². The SMILES string of the molecule is CNC(c1ccc(-c2ccc(F)c(F)c2)s1)C1CC1. The molecule has 1 saturated carbocycles. The second kappa shape index (κ2) is 5.02. The average molecular weight is 279 g/mol. The van der Waals surface area contributed by atoms with Gasteiger partial charge in [-0.25, -0.2) is 8.78 Å². The lowest BCUT2D eigenvalue weighted by Crippen LogP contribution is -2.16. The van der Waals surface area contributed by atoms with Gasteiger partial charge in [0.2, 0.25) is 0 Å². The molecular weight excluding hydrogens is 264 g/mol. The van der Waals surface area contributed by atoms with E-state index in [1.54, 1.807) is 17.4 Å². The molecule has 100 valence electrons. The normalized spacial score (nSPS) is 16.6. The van der Waals surface area contributed by atoms with E-state index in [2.05, 4.69) is 11.4 Å². The molecule has 1 aromatic heterocycles. The molecule has 1 N–H and O–H groups in total. The topological polar surface area (TPSA) is 12.0 Å². The maximum atomic E-state index is 13.3. The fourth-order valence-electron chi connectivity index (χ4n) is 2.36. The van der Waals surface area contributed by atoms with E-state index >= 15 is 0 Å². The van der Waals surface area contributed by atoms with Crippen LogP contribution < -0.4 is 5.32 Å². The van der Waals surface area contributed by atoms with Crippen molar-refractivity contribution in [2.75, 3.05) is 7.05 Å². The van der Waals surface area contributed by atoms with Crippen molar-refractivity contribution >= 4 is 11.3 Å². The molecule has 1 heterocycles. The summed E-state index contributed by atoms with van der Waals surface area (Å²) in [5.41, 5.74) is 0.737. The number of nitrogens with one attached hydrogen (secondary N) is 1. The number of hydrogen-bond donors (Lipinski definition) is 1. The average Bonchev–Trinajstić information content (AvgIpc) is 3.11. The van der Waals surface area contributed by atoms with Gasteiger partial charge in [0.1, 0.15) is 0 Å². The second-order valence-corrected chi connectivity index (χ2v) is 6.05. The lowest BCUT2D eigenvalue weighted by molar-refractivity contribution is 0.509. The fraction of sp³-hybridized carbons (Fsp3) is 0.333. The molecule has 1 atom stereocenters. The van der Waals surface area contributed by atoms with Crippen LogP contribution in [0, 0.1) is 17.6 Å². The molecule has 0 aliphatic heterocycles. The Hall–Kier alpha value is -1.26. The van der Waals surface area contributed by atoms with E-state index in [0.29, 0.717) is 6.04 Å². The van der Waals surface area contributed by atoms with Crippen molar-refractivity contribution in [1.29, 1.82) is 0 Å². The van der Waals surface area contributed by atoms with Crippen LogP contribution in [0.2, 0.25) is 0 Å². The first kappa shape index (κ1) is 12.8. The van der Waals surface area contributed by atoms with Gasteiger partial charge in [-0.15, -0.1) is 11.3 Å². The van der Waals surface area contributed by atoms with Gasteiger partial charge in [-0.3, -0.25) is 0 Å². The highest BCUT2D eigenvalue weighted by Gasteiger charge is 2.32. The van der Waals surface area contributed by atoms with Crippen LogP contribution in [0.1, 0.15) is 23.8 Å². The molecule has 19 heavy (non-hydrogen) atoms. The highest BCUT2D eigenvalue weighted by molar-refractivity contribution is 7.15. The Kier molecular flexibility index (Phi) is 3.37. The molecule has 4 heteroatoms. The second-order valence-electron chi connectivity index (χ2n) is 4.93. The van der Waals surface area contributed by atoms with Crippen molar-refractivity contribution in [2.24, 2.45) is 5.92 Å². The third-order valence-corrected chi connectivity index (χ3v) is 4.76. The van der Waals surface area contributed by atoms with E-state index < -0.39 is 11.6 Å². The van der Waals surface area contributed by atoms with Crippen LogP contribution in [0.25, 0.3) is 10.4 Å². The van der Waals surface area contributed by atoms with Gasteiger partial charge < -0.3 is 5.32 Å². The van der Waals surface area contributed by atoms with Crippen molar-refractivity contribution in [1.82, 2.24) is 5.32 Å². The molecule has 0 radical (unpaired) electrons. The highest BCUT2D eigenvalue weighted by atomic mass is 32.1. The Labute approximate surface area is 115 Å². The van der Waals surface area contributed by atoms with Crippen molar-refractivity contribution < 1.29 is 8.78 Å². The molecule has 0 saturated heterocycles. The minimum Gasteiger partial charge on any atom is -0.312 e. The summed E-state index contributed by atoms with van der Waals surface area (Å²) in [6.45, 7) is 0. The van der Waals surface area contributed by atoms with Gasteiger partial charge in [0, 0.05) is 15.8 Å². The van der Waals surface area contributed by atoms with Crippen LogP contribution in [-0.4, -0.2) is 7.05 Å². The molecule has 1 unspecified atom stereocenters. The molecule has 1 aliphatic rings. The molecule has 0 bridgehead atoms. The molecule has 1 nitrogen and oxygen atoms in total. The van der Waals surface area contributed by atoms with Gasteiger partial charge in [0.25, 0.3) is 0 Å². The van der Waals surface area contributed by atoms with Gasteiger partial charge >= 0.3 is 0 Å². The van der Waals surface area contributed by atoms with Crippen molar-refractivity contribution in [2.45, 2.75) is 18.9 Å². The maximum absolute atomic E-state index is 13.3. The van der Waals surface area contributed by atoms with E-state index in [1.165, 1.54) is 29.9 Å². The van der Waals surface area contributed by atoms with E-state index in [0.717, 1.165) is 16.4 Å². The standard InChI is InChI=1S/C15H15F2NS/c1-18-15(9-2-3-9)14-7-6-13(19-14)10-4-5-11(16)12(17)8-10/h4-9,15,18H,2-3H2,1H3. The summed E-state index contributed by atoms with van der Waals surface area (Å²) in [6, 6.07) is 8.53. The van der Waals surface area contributed by atoms with Gasteiger partial charge in [0.15, 0.2) is 11.6 Å². The first-order valence-corrected chi connectivity index (χ1v) is 7.23. The summed E-state index contributed by atoms with van der Waals surface area (Å²) in [7, 11) is 1.97. The van der Waals surface area contributed by atoms with Gasteiger partial charge in [-0.1, -0.05) is 6.07 Å². The Balaban J connectivity index is 1.89. The smallest absolute Gasteiger partial charge is 0.159 e. The predicted molar refractivity (Wildman–Crippen MR) is 74.2 cm³/mol. The molecule has 0 spiro atoms. The third kappa shape index (κ3) is 2.55. The van der Waals surface area contributed by atoms with E-state index in [-0.39, 0.29) is 0 Å². The molecule has 1 aliphatic carbocycles. The Morgan fingerprint density at radius 1 is 1.16 bits per heavy atom. The molecule has 3 rings (SSSR count). The summed E-state index contributed by atoms with van der Waals surface area (Å²) in [5, 5.41) is 3.34. The molecule has 1 aromatic carbocycles. The van der Waals surface area contributed by atoms with Crippen LogP contribution in [0.3, 0.4) is 0 Å². The predicted octanol–water partition coefficient (Wildman–Crippen LogP) is 4.36. The minimum atomic E-state index is -0.799. The number of halogens is 2. The first-order valence-electron chi connectivity index (χ1n) is 6.41. The van der Waals surface area contributed by atoms with Gasteiger partial charge in [0.05, 0.1) is 0 Å². The monoisotopic (exact) mass is 279 g/mol. The Morgan fingerprint density at radius 3 is 2.58 bits per heavy atom. The number of hydrogen-bond acceptors (Lipinski definition) is 2. The van der Waals surface area contributed by atoms with E-state index in [1.807, 2.05) is 13.1 Å². The number of thiophene rings is 1. The molecule has 2 aromatic rings. The summed E-state index contributed by atoms with van der Waals surface area (Å²) < 4.78 is 26.2. The summed E-state index contributed by atoms with van der Waals surface area (Å²) in [4.78, 5) is 2.25. The van der Waals surface area contributed by atoms with Gasteiger partial charge in [-0.05, 0) is 55.6 Å². The zero-order chi connectivity index (χ0) is 13.4. The fourth-order valence-corrected chi connectivity index (χ4v) is 3.57. The maximum Gasteiger partial charge on any atom is 0.159 e. The van der Waals surface area contributed by atoms with E-state index in [4.69, 9.17) is 0 Å². The molecule has 1 fully saturated rings. The Morgan fingerprint density at radius 2 is 1.95 bits per heavy atom. The third-order valence-electron chi connectivity index (χ3n) is 3.54. The summed E-state index contributed by atoms with van der Waals surface area (Å²) in [5.74, 6) is -0.868. The minimum absolute atomic E-state index is 0.393. The molecular formula is C15H15F2NS. The highest BCUT2D eigenvalue weighted by Crippen LogP contribution is 2.44. The largest absolute Gasteiger partial charge is 0.312 e. The summed E-state index contributed by atoms with van der Waals surface area (Å²) >= 11 is 1.65. The number of rotatable bonds is 4. The van der Waals surface area contributed by atoms with Crippen molar-refractivity contribution in [3.05, 3.63) is 46.8 Å². The van der Waals surface area contributed by atoms with E-state index in [9.17, 15) is 8.78 Å². The zero-order valence-electron chi connectivity index (χ0n) is 10.6. The van der Waals surface area contributed by atoms with Gasteiger partial charge in [-0.2, -0.15) is 0 Å². The number of benzene rings is 1. The Bertz CT molecular complexity index is 590. The first-order chi connectivity index (χ1) is 9.19.